The summed E-state index contributed by atoms with van der Waals surface area (Å²) in [4.78, 5) is 9.83. The van der Waals surface area contributed by atoms with Gasteiger partial charge < -0.3 is 10.3 Å². The first-order chi connectivity index (χ1) is 12.9. The lowest BCUT2D eigenvalue weighted by atomic mass is 10.1. The van der Waals surface area contributed by atoms with Crippen molar-refractivity contribution in [3.05, 3.63) is 53.3 Å². The maximum absolute atomic E-state index is 14.2. The highest BCUT2D eigenvalue weighted by atomic mass is 35.5. The molecule has 0 unspecified atom stereocenters. The lowest BCUT2D eigenvalue weighted by molar-refractivity contribution is 0.554. The van der Waals surface area contributed by atoms with Crippen LogP contribution in [-0.4, -0.2) is 39.5 Å². The van der Waals surface area contributed by atoms with Crippen molar-refractivity contribution in [3.8, 4) is 11.1 Å². The number of allylic oxidation sites excluding steroid dienone is 1. The number of hydrogen-bond acceptors (Lipinski definition) is 5. The summed E-state index contributed by atoms with van der Waals surface area (Å²) in [6.07, 6.45) is 6.57. The van der Waals surface area contributed by atoms with E-state index in [2.05, 4.69) is 16.0 Å². The molecule has 27 heavy (non-hydrogen) atoms. The zero-order valence-electron chi connectivity index (χ0n) is 15.4. The molecule has 142 valence electrons. The van der Waals surface area contributed by atoms with E-state index in [9.17, 15) is 4.39 Å². The standard InChI is InChI=1S/C19H21ClFN5S/c1-12-18(13-6-16(10-23-8-13)27-25(2)3)17-7-14(20)9-24-19(17)26(12)11-15(21)4-5-22/h4,6-10H,5,11,22H2,1-3H3/b15-4-. The van der Waals surface area contributed by atoms with E-state index in [-0.39, 0.29) is 18.9 Å². The molecule has 0 amide bonds. The third kappa shape index (κ3) is 4.32. The normalized spacial score (nSPS) is 12.3. The quantitative estimate of drug-likeness (QED) is 0.614. The molecule has 3 rings (SSSR count). The molecule has 0 radical (unpaired) electrons. The van der Waals surface area contributed by atoms with Crippen LogP contribution < -0.4 is 5.73 Å². The Bertz CT molecular complexity index is 999. The molecule has 0 atom stereocenters. The smallest absolute Gasteiger partial charge is 0.141 e. The van der Waals surface area contributed by atoms with Gasteiger partial charge in [0.05, 0.1) is 11.6 Å². The van der Waals surface area contributed by atoms with Crippen LogP contribution in [-0.2, 0) is 6.54 Å². The number of nitrogens with zero attached hydrogens (tertiary/aromatic N) is 4. The molecule has 0 fully saturated rings. The Morgan fingerprint density at radius 1 is 1.33 bits per heavy atom. The van der Waals surface area contributed by atoms with Crippen LogP contribution in [0.3, 0.4) is 0 Å². The number of halogens is 2. The van der Waals surface area contributed by atoms with Crippen LogP contribution in [0.1, 0.15) is 5.69 Å². The molecule has 0 aliphatic carbocycles. The topological polar surface area (TPSA) is 60.0 Å². The van der Waals surface area contributed by atoms with Crippen LogP contribution in [0.2, 0.25) is 5.02 Å². The molecule has 3 aromatic rings. The van der Waals surface area contributed by atoms with Gasteiger partial charge in [0.25, 0.3) is 0 Å². The van der Waals surface area contributed by atoms with E-state index >= 15 is 0 Å². The zero-order valence-corrected chi connectivity index (χ0v) is 17.0. The Hall–Kier alpha value is -1.93. The summed E-state index contributed by atoms with van der Waals surface area (Å²) in [7, 11) is 3.95. The summed E-state index contributed by atoms with van der Waals surface area (Å²) in [5.74, 6) is -0.296. The third-order valence-electron chi connectivity index (χ3n) is 4.06. The number of rotatable bonds is 6. The summed E-state index contributed by atoms with van der Waals surface area (Å²) in [5.41, 5.74) is 8.90. The van der Waals surface area contributed by atoms with E-state index in [4.69, 9.17) is 17.3 Å². The van der Waals surface area contributed by atoms with Crippen molar-refractivity contribution in [1.29, 1.82) is 0 Å². The minimum absolute atomic E-state index is 0.0771. The summed E-state index contributed by atoms with van der Waals surface area (Å²) in [6, 6.07) is 3.93. The van der Waals surface area contributed by atoms with Crippen LogP contribution in [0.4, 0.5) is 4.39 Å². The van der Waals surface area contributed by atoms with Crippen molar-refractivity contribution < 1.29 is 4.39 Å². The van der Waals surface area contributed by atoms with Crippen molar-refractivity contribution in [2.24, 2.45) is 5.73 Å². The second-order valence-electron chi connectivity index (χ2n) is 6.27. The SMILES string of the molecule is Cc1c(-c2cncc(SN(C)C)c2)c2cc(Cl)cnc2n1C/C(F)=C/CN. The van der Waals surface area contributed by atoms with Gasteiger partial charge >= 0.3 is 0 Å². The lowest BCUT2D eigenvalue weighted by Crippen LogP contribution is -2.04. The van der Waals surface area contributed by atoms with E-state index in [0.29, 0.717) is 10.7 Å². The van der Waals surface area contributed by atoms with Gasteiger partial charge in [-0.3, -0.25) is 9.29 Å². The molecule has 0 bridgehead atoms. The van der Waals surface area contributed by atoms with Gasteiger partial charge in [-0.1, -0.05) is 11.6 Å². The predicted octanol–water partition coefficient (Wildman–Crippen LogP) is 4.44. The number of fused-ring (bicyclic) bond motifs is 1. The van der Waals surface area contributed by atoms with Gasteiger partial charge in [0, 0.05) is 52.2 Å². The van der Waals surface area contributed by atoms with E-state index in [1.54, 1.807) is 24.3 Å². The van der Waals surface area contributed by atoms with Gasteiger partial charge in [0.1, 0.15) is 11.5 Å². The van der Waals surface area contributed by atoms with Crippen molar-refractivity contribution >= 4 is 34.6 Å². The average molecular weight is 406 g/mol. The van der Waals surface area contributed by atoms with E-state index in [0.717, 1.165) is 27.1 Å². The Morgan fingerprint density at radius 2 is 2.11 bits per heavy atom. The summed E-state index contributed by atoms with van der Waals surface area (Å²) < 4.78 is 18.0. The minimum Gasteiger partial charge on any atom is -0.327 e. The first-order valence-electron chi connectivity index (χ1n) is 8.40. The average Bonchev–Trinajstić information content (AvgIpc) is 2.86. The van der Waals surface area contributed by atoms with Gasteiger partial charge in [-0.25, -0.2) is 9.37 Å². The fraction of sp³-hybridized carbons (Fsp3) is 0.263. The predicted molar refractivity (Wildman–Crippen MR) is 111 cm³/mol. The third-order valence-corrected chi connectivity index (χ3v) is 5.07. The molecule has 0 saturated heterocycles. The van der Waals surface area contributed by atoms with E-state index in [1.807, 2.05) is 42.2 Å². The van der Waals surface area contributed by atoms with E-state index < -0.39 is 0 Å². The van der Waals surface area contributed by atoms with Crippen molar-refractivity contribution in [2.45, 2.75) is 18.4 Å². The first-order valence-corrected chi connectivity index (χ1v) is 9.55. The molecular formula is C19H21ClFN5S. The van der Waals surface area contributed by atoms with Crippen LogP contribution in [0.25, 0.3) is 22.2 Å². The molecule has 8 heteroatoms. The van der Waals surface area contributed by atoms with Gasteiger partial charge in [-0.15, -0.1) is 0 Å². The molecule has 0 aliphatic heterocycles. The summed E-state index contributed by atoms with van der Waals surface area (Å²) in [5, 5.41) is 1.40. The van der Waals surface area contributed by atoms with Crippen molar-refractivity contribution in [3.63, 3.8) is 0 Å². The Labute approximate surface area is 167 Å². The van der Waals surface area contributed by atoms with Crippen LogP contribution in [0.5, 0.6) is 0 Å². The summed E-state index contributed by atoms with van der Waals surface area (Å²) in [6.45, 7) is 2.18. The highest BCUT2D eigenvalue weighted by Crippen LogP contribution is 2.36. The highest BCUT2D eigenvalue weighted by Gasteiger charge is 2.18. The molecular weight excluding hydrogens is 385 g/mol. The Morgan fingerprint density at radius 3 is 2.81 bits per heavy atom. The fourth-order valence-corrected chi connectivity index (χ4v) is 3.90. The number of nitrogens with two attached hydrogens (primary N) is 1. The minimum atomic E-state index is -0.296. The molecule has 0 saturated carbocycles. The van der Waals surface area contributed by atoms with Crippen LogP contribution >= 0.6 is 23.5 Å². The lowest BCUT2D eigenvalue weighted by Gasteiger charge is -2.10. The monoisotopic (exact) mass is 405 g/mol. The van der Waals surface area contributed by atoms with Gasteiger partial charge in [0.2, 0.25) is 0 Å². The van der Waals surface area contributed by atoms with Gasteiger partial charge in [-0.2, -0.15) is 0 Å². The highest BCUT2D eigenvalue weighted by molar-refractivity contribution is 7.97. The number of aromatic nitrogens is 3. The van der Waals surface area contributed by atoms with E-state index in [1.165, 1.54) is 6.08 Å². The Balaban J connectivity index is 2.19. The first kappa shape index (κ1) is 19.8. The van der Waals surface area contributed by atoms with Crippen molar-refractivity contribution in [2.75, 3.05) is 20.6 Å². The van der Waals surface area contributed by atoms with Gasteiger partial charge in [-0.05, 0) is 51.2 Å². The molecule has 5 nitrogen and oxygen atoms in total. The zero-order chi connectivity index (χ0) is 19.6. The number of hydrogen-bond donors (Lipinski definition) is 1. The maximum atomic E-state index is 14.2. The molecule has 2 N–H and O–H groups in total. The fourth-order valence-electron chi connectivity index (χ4n) is 3.04. The molecule has 3 aromatic heterocycles. The largest absolute Gasteiger partial charge is 0.327 e. The van der Waals surface area contributed by atoms with Crippen molar-refractivity contribution in [1.82, 2.24) is 18.8 Å². The molecule has 0 spiro atoms. The summed E-state index contributed by atoms with van der Waals surface area (Å²) >= 11 is 7.78. The van der Waals surface area contributed by atoms with Crippen LogP contribution in [0, 0.1) is 6.92 Å². The number of pyridine rings is 2. The molecule has 0 aromatic carbocycles. The second kappa shape index (κ2) is 8.39. The second-order valence-corrected chi connectivity index (χ2v) is 8.09. The molecule has 3 heterocycles. The maximum Gasteiger partial charge on any atom is 0.141 e. The molecule has 0 aliphatic rings. The van der Waals surface area contributed by atoms with Gasteiger partial charge in [0.15, 0.2) is 0 Å². The van der Waals surface area contributed by atoms with Crippen LogP contribution in [0.15, 0.2) is 47.5 Å². The Kier molecular flexibility index (Phi) is 6.16.